The summed E-state index contributed by atoms with van der Waals surface area (Å²) in [5.74, 6) is -1.47. The molecular formula is C10H16O6. The van der Waals surface area contributed by atoms with Crippen LogP contribution in [0, 0.1) is 5.41 Å². The molecule has 1 heterocycles. The van der Waals surface area contributed by atoms with Crippen LogP contribution < -0.4 is 0 Å². The number of hydrogen-bond acceptors (Lipinski definition) is 6. The van der Waals surface area contributed by atoms with E-state index in [1.165, 1.54) is 0 Å². The maximum Gasteiger partial charge on any atom is 0.323 e. The Kier molecular flexibility index (Phi) is 4.26. The summed E-state index contributed by atoms with van der Waals surface area (Å²) in [7, 11) is 0. The zero-order chi connectivity index (χ0) is 12.2. The van der Waals surface area contributed by atoms with Gasteiger partial charge in [-0.05, 0) is 19.8 Å². The molecule has 0 aromatic carbocycles. The molecule has 1 rings (SSSR count). The van der Waals surface area contributed by atoms with Gasteiger partial charge in [-0.25, -0.2) is 0 Å². The molecule has 92 valence electrons. The van der Waals surface area contributed by atoms with Crippen LogP contribution in [0.15, 0.2) is 0 Å². The van der Waals surface area contributed by atoms with Crippen molar-refractivity contribution in [1.29, 1.82) is 0 Å². The highest BCUT2D eigenvalue weighted by Gasteiger charge is 2.51. The van der Waals surface area contributed by atoms with E-state index >= 15 is 0 Å². The largest absolute Gasteiger partial charge is 0.465 e. The lowest BCUT2D eigenvalue weighted by Gasteiger charge is -2.32. The molecule has 0 unspecified atom stereocenters. The van der Waals surface area contributed by atoms with Crippen LogP contribution in [-0.2, 0) is 19.1 Å². The summed E-state index contributed by atoms with van der Waals surface area (Å²) in [6, 6.07) is 0. The minimum absolute atomic E-state index is 0.134. The van der Waals surface area contributed by atoms with Crippen LogP contribution in [0.2, 0.25) is 0 Å². The van der Waals surface area contributed by atoms with Gasteiger partial charge >= 0.3 is 11.9 Å². The molecule has 6 nitrogen and oxygen atoms in total. The third-order valence-corrected chi connectivity index (χ3v) is 2.57. The molecule has 1 fully saturated rings. The van der Waals surface area contributed by atoms with Gasteiger partial charge in [0, 0.05) is 6.42 Å². The number of hydrogen-bond donors (Lipinski definition) is 2. The van der Waals surface area contributed by atoms with Crippen molar-refractivity contribution in [1.82, 2.24) is 0 Å². The zero-order valence-corrected chi connectivity index (χ0v) is 9.14. The molecule has 0 aliphatic carbocycles. The molecule has 2 N–H and O–H groups in total. The van der Waals surface area contributed by atoms with Crippen LogP contribution >= 0.6 is 0 Å². The first-order chi connectivity index (χ1) is 7.53. The van der Waals surface area contributed by atoms with Crippen LogP contribution in [0.25, 0.3) is 0 Å². The van der Waals surface area contributed by atoms with Crippen LogP contribution in [0.3, 0.4) is 0 Å². The Bertz CT molecular complexity index is 274. The Labute approximate surface area is 93.2 Å². The van der Waals surface area contributed by atoms with Crippen LogP contribution in [0.5, 0.6) is 0 Å². The first-order valence-electron chi connectivity index (χ1n) is 5.23. The van der Waals surface area contributed by atoms with Crippen LogP contribution in [0.4, 0.5) is 0 Å². The van der Waals surface area contributed by atoms with E-state index in [9.17, 15) is 9.59 Å². The minimum atomic E-state index is -1.74. The third kappa shape index (κ3) is 2.51. The second kappa shape index (κ2) is 5.27. The SMILES string of the molecule is CCOC(=O)[C@]1(CC(O)O)CCCOC1=O. The lowest BCUT2D eigenvalue weighted by Crippen LogP contribution is -2.47. The van der Waals surface area contributed by atoms with E-state index in [0.29, 0.717) is 6.42 Å². The van der Waals surface area contributed by atoms with Crippen molar-refractivity contribution in [3.8, 4) is 0 Å². The monoisotopic (exact) mass is 232 g/mol. The molecule has 6 heteroatoms. The van der Waals surface area contributed by atoms with Gasteiger partial charge in [-0.1, -0.05) is 0 Å². The molecule has 0 saturated carbocycles. The van der Waals surface area contributed by atoms with Crippen LogP contribution in [-0.4, -0.2) is 41.7 Å². The molecule has 0 spiro atoms. The zero-order valence-electron chi connectivity index (χ0n) is 9.14. The fourth-order valence-electron chi connectivity index (χ4n) is 1.81. The van der Waals surface area contributed by atoms with Gasteiger partial charge in [0.15, 0.2) is 11.7 Å². The van der Waals surface area contributed by atoms with Gasteiger partial charge in [0.2, 0.25) is 0 Å². The Balaban J connectivity index is 2.90. The summed E-state index contributed by atoms with van der Waals surface area (Å²) >= 11 is 0. The number of rotatable bonds is 4. The number of aliphatic hydroxyl groups excluding tert-OH is 1. The predicted molar refractivity (Wildman–Crippen MR) is 52.1 cm³/mol. The van der Waals surface area contributed by atoms with Crippen LogP contribution in [0.1, 0.15) is 26.2 Å². The van der Waals surface area contributed by atoms with Crippen molar-refractivity contribution in [2.45, 2.75) is 32.5 Å². The molecule has 0 amide bonds. The molecule has 1 saturated heterocycles. The van der Waals surface area contributed by atoms with Crippen molar-refractivity contribution >= 4 is 11.9 Å². The lowest BCUT2D eigenvalue weighted by atomic mass is 9.78. The Morgan fingerprint density at radius 1 is 1.62 bits per heavy atom. The second-order valence-corrected chi connectivity index (χ2v) is 3.73. The predicted octanol–water partition coefficient (Wildman–Crippen LogP) is -0.426. The summed E-state index contributed by atoms with van der Waals surface area (Å²) in [4.78, 5) is 23.3. The van der Waals surface area contributed by atoms with E-state index in [0.717, 1.165) is 0 Å². The quantitative estimate of drug-likeness (QED) is 0.388. The molecule has 1 aliphatic rings. The Morgan fingerprint density at radius 2 is 2.31 bits per heavy atom. The highest BCUT2D eigenvalue weighted by molar-refractivity contribution is 6.00. The lowest BCUT2D eigenvalue weighted by molar-refractivity contribution is -0.186. The maximum atomic E-state index is 11.7. The molecule has 0 bridgehead atoms. The molecule has 0 aromatic rings. The minimum Gasteiger partial charge on any atom is -0.465 e. The summed E-state index contributed by atoms with van der Waals surface area (Å²) in [5.41, 5.74) is -1.55. The fourth-order valence-corrected chi connectivity index (χ4v) is 1.81. The van der Waals surface area contributed by atoms with Gasteiger partial charge in [-0.2, -0.15) is 0 Å². The van der Waals surface area contributed by atoms with E-state index < -0.39 is 23.6 Å². The van der Waals surface area contributed by atoms with Gasteiger partial charge in [-0.15, -0.1) is 0 Å². The Hall–Kier alpha value is -1.14. The van der Waals surface area contributed by atoms with E-state index in [1.54, 1.807) is 6.92 Å². The first-order valence-corrected chi connectivity index (χ1v) is 5.23. The number of carbonyl (C=O) groups is 2. The molecule has 0 aromatic heterocycles. The first kappa shape index (κ1) is 12.9. The highest BCUT2D eigenvalue weighted by atomic mass is 16.6. The topological polar surface area (TPSA) is 93.1 Å². The van der Waals surface area contributed by atoms with E-state index in [2.05, 4.69) is 0 Å². The number of aliphatic hydroxyl groups is 2. The number of ether oxygens (including phenoxy) is 2. The highest BCUT2D eigenvalue weighted by Crippen LogP contribution is 2.35. The smallest absolute Gasteiger partial charge is 0.323 e. The van der Waals surface area contributed by atoms with E-state index in [1.807, 2.05) is 0 Å². The summed E-state index contributed by atoms with van der Waals surface area (Å²) in [6.07, 6.45) is -1.39. The standard InChI is InChI=1S/C10H16O6/c1-2-15-8(13)10(6-7(11)12)4-3-5-16-9(10)14/h7,11-12H,2-6H2,1H3/t10-/m1/s1. The van der Waals surface area contributed by atoms with E-state index in [4.69, 9.17) is 19.7 Å². The Morgan fingerprint density at radius 3 is 2.81 bits per heavy atom. The van der Waals surface area contributed by atoms with Crippen molar-refractivity contribution in [2.24, 2.45) is 5.41 Å². The third-order valence-electron chi connectivity index (χ3n) is 2.57. The molecule has 0 radical (unpaired) electrons. The summed E-state index contributed by atoms with van der Waals surface area (Å²) < 4.78 is 9.59. The normalized spacial score (nSPS) is 25.4. The fraction of sp³-hybridized carbons (Fsp3) is 0.800. The van der Waals surface area contributed by atoms with E-state index in [-0.39, 0.29) is 26.1 Å². The second-order valence-electron chi connectivity index (χ2n) is 3.73. The molecule has 1 aliphatic heterocycles. The van der Waals surface area contributed by atoms with Gasteiger partial charge in [0.05, 0.1) is 13.2 Å². The van der Waals surface area contributed by atoms with Crippen molar-refractivity contribution in [3.63, 3.8) is 0 Å². The molecular weight excluding hydrogens is 216 g/mol. The van der Waals surface area contributed by atoms with Gasteiger partial charge in [0.25, 0.3) is 0 Å². The maximum absolute atomic E-state index is 11.7. The summed E-state index contributed by atoms with van der Waals surface area (Å²) in [5, 5.41) is 17.9. The van der Waals surface area contributed by atoms with Gasteiger partial charge in [-0.3, -0.25) is 9.59 Å². The summed E-state index contributed by atoms with van der Waals surface area (Å²) in [6.45, 7) is 2.01. The number of esters is 2. The van der Waals surface area contributed by atoms with Crippen molar-refractivity contribution < 1.29 is 29.3 Å². The molecule has 16 heavy (non-hydrogen) atoms. The average molecular weight is 232 g/mol. The van der Waals surface area contributed by atoms with Gasteiger partial charge < -0.3 is 19.7 Å². The number of carbonyl (C=O) groups excluding carboxylic acids is 2. The van der Waals surface area contributed by atoms with Crippen molar-refractivity contribution in [3.05, 3.63) is 0 Å². The molecule has 1 atom stereocenters. The van der Waals surface area contributed by atoms with Crippen molar-refractivity contribution in [2.75, 3.05) is 13.2 Å². The van der Waals surface area contributed by atoms with Gasteiger partial charge in [0.1, 0.15) is 0 Å². The number of cyclic esters (lactones) is 1. The average Bonchev–Trinajstić information content (AvgIpc) is 2.21.